The number of hydrogen-bond acceptors (Lipinski definition) is 4. The van der Waals surface area contributed by atoms with Crippen molar-refractivity contribution in [1.82, 2.24) is 0 Å². The number of anilines is 1. The van der Waals surface area contributed by atoms with E-state index in [1.54, 1.807) is 13.0 Å². The lowest BCUT2D eigenvalue weighted by Crippen LogP contribution is -2.16. The number of benzene rings is 1. The fraction of sp³-hybridized carbons (Fsp3) is 0.294. The van der Waals surface area contributed by atoms with Gasteiger partial charge in [-0.25, -0.2) is 0 Å². The minimum atomic E-state index is -1.04. The zero-order chi connectivity index (χ0) is 16.4. The van der Waals surface area contributed by atoms with Gasteiger partial charge in [0.05, 0.1) is 18.4 Å². The minimum absolute atomic E-state index is 0.161. The molecule has 0 saturated carbocycles. The molecule has 0 saturated heterocycles. The average molecular weight is 315 g/mol. The maximum atomic E-state index is 12.5. The van der Waals surface area contributed by atoms with Gasteiger partial charge >= 0.3 is 5.97 Å². The number of carbonyl (C=O) groups is 2. The van der Waals surface area contributed by atoms with E-state index in [4.69, 9.17) is 14.3 Å². The van der Waals surface area contributed by atoms with Crippen LogP contribution >= 0.6 is 0 Å². The summed E-state index contributed by atoms with van der Waals surface area (Å²) < 4.78 is 10.7. The fourth-order valence-electron chi connectivity index (χ4n) is 2.70. The number of fused-ring (bicyclic) bond motifs is 1. The number of aliphatic carboxylic acids is 1. The number of aryl methyl sites for hydroxylation is 2. The van der Waals surface area contributed by atoms with Crippen molar-refractivity contribution >= 4 is 17.6 Å². The van der Waals surface area contributed by atoms with Gasteiger partial charge in [0.1, 0.15) is 17.9 Å². The van der Waals surface area contributed by atoms with Crippen LogP contribution in [0, 0.1) is 6.92 Å². The van der Waals surface area contributed by atoms with E-state index in [0.717, 1.165) is 24.2 Å². The Balaban J connectivity index is 1.82. The van der Waals surface area contributed by atoms with Crippen LogP contribution in [0.4, 0.5) is 5.69 Å². The monoisotopic (exact) mass is 315 g/mol. The van der Waals surface area contributed by atoms with E-state index >= 15 is 0 Å². The molecule has 2 N–H and O–H groups in total. The molecule has 0 radical (unpaired) electrons. The second-order valence-corrected chi connectivity index (χ2v) is 5.52. The molecule has 0 aliphatic carbocycles. The fourth-order valence-corrected chi connectivity index (χ4v) is 2.70. The standard InChI is InChI=1S/C17H17NO5/c1-10-9-23-14(8-15(19)20)16(10)17(21)18-12-4-5-13-11(7-12)3-2-6-22-13/h4-5,7,9H,2-3,6,8H2,1H3,(H,18,21)(H,19,20). The Morgan fingerprint density at radius 3 is 2.96 bits per heavy atom. The average Bonchev–Trinajstić information content (AvgIpc) is 2.87. The van der Waals surface area contributed by atoms with Gasteiger partial charge in [0.2, 0.25) is 0 Å². The van der Waals surface area contributed by atoms with Gasteiger partial charge in [-0.2, -0.15) is 0 Å². The van der Waals surface area contributed by atoms with Crippen LogP contribution in [0.3, 0.4) is 0 Å². The van der Waals surface area contributed by atoms with Crippen molar-refractivity contribution in [3.8, 4) is 5.75 Å². The summed E-state index contributed by atoms with van der Waals surface area (Å²) in [6, 6.07) is 5.50. The third kappa shape index (κ3) is 3.21. The Labute approximate surface area is 133 Å². The van der Waals surface area contributed by atoms with Gasteiger partial charge in [0.25, 0.3) is 5.91 Å². The molecule has 120 valence electrons. The van der Waals surface area contributed by atoms with Gasteiger partial charge in [-0.1, -0.05) is 0 Å². The highest BCUT2D eigenvalue weighted by atomic mass is 16.5. The van der Waals surface area contributed by atoms with Crippen molar-refractivity contribution in [1.29, 1.82) is 0 Å². The maximum Gasteiger partial charge on any atom is 0.311 e. The minimum Gasteiger partial charge on any atom is -0.493 e. The number of ether oxygens (including phenoxy) is 1. The first-order valence-corrected chi connectivity index (χ1v) is 7.40. The van der Waals surface area contributed by atoms with Gasteiger partial charge in [0.15, 0.2) is 0 Å². The van der Waals surface area contributed by atoms with Crippen LogP contribution in [0.2, 0.25) is 0 Å². The molecule has 2 heterocycles. The lowest BCUT2D eigenvalue weighted by atomic mass is 10.1. The molecule has 3 rings (SSSR count). The number of carboxylic acid groups (broad SMARTS) is 1. The van der Waals surface area contributed by atoms with Crippen molar-refractivity contribution in [2.45, 2.75) is 26.2 Å². The third-order valence-electron chi connectivity index (χ3n) is 3.76. The molecule has 6 nitrogen and oxygen atoms in total. The summed E-state index contributed by atoms with van der Waals surface area (Å²) in [5.41, 5.74) is 2.60. The summed E-state index contributed by atoms with van der Waals surface area (Å²) in [4.78, 5) is 23.3. The summed E-state index contributed by atoms with van der Waals surface area (Å²) >= 11 is 0. The Kier molecular flexibility index (Phi) is 4.06. The summed E-state index contributed by atoms with van der Waals surface area (Å²) in [5, 5.41) is 11.7. The molecule has 1 aliphatic heterocycles. The molecule has 0 spiro atoms. The number of nitrogens with one attached hydrogen (secondary N) is 1. The Morgan fingerprint density at radius 2 is 2.17 bits per heavy atom. The van der Waals surface area contributed by atoms with Crippen LogP contribution in [0.25, 0.3) is 0 Å². The van der Waals surface area contributed by atoms with Gasteiger partial charge < -0.3 is 19.6 Å². The van der Waals surface area contributed by atoms with Crippen LogP contribution in [0.15, 0.2) is 28.9 Å². The first-order valence-electron chi connectivity index (χ1n) is 7.40. The van der Waals surface area contributed by atoms with E-state index in [9.17, 15) is 9.59 Å². The molecule has 1 aromatic heterocycles. The van der Waals surface area contributed by atoms with E-state index in [2.05, 4.69) is 5.32 Å². The predicted molar refractivity (Wildman–Crippen MR) is 83.0 cm³/mol. The molecular formula is C17H17NO5. The lowest BCUT2D eigenvalue weighted by molar-refractivity contribution is -0.136. The van der Waals surface area contributed by atoms with Crippen molar-refractivity contribution < 1.29 is 23.8 Å². The first kappa shape index (κ1) is 15.1. The van der Waals surface area contributed by atoms with E-state index in [1.165, 1.54) is 6.26 Å². The van der Waals surface area contributed by atoms with Crippen LogP contribution in [0.5, 0.6) is 5.75 Å². The highest BCUT2D eigenvalue weighted by molar-refractivity contribution is 6.06. The van der Waals surface area contributed by atoms with Crippen LogP contribution in [0.1, 0.15) is 33.7 Å². The number of carbonyl (C=O) groups excluding carboxylic acids is 1. The molecule has 2 aromatic rings. The summed E-state index contributed by atoms with van der Waals surface area (Å²) in [7, 11) is 0. The predicted octanol–water partition coefficient (Wildman–Crippen LogP) is 2.79. The highest BCUT2D eigenvalue weighted by Gasteiger charge is 2.21. The number of carboxylic acids is 1. The van der Waals surface area contributed by atoms with Gasteiger partial charge in [-0.15, -0.1) is 0 Å². The SMILES string of the molecule is Cc1coc(CC(=O)O)c1C(=O)Nc1ccc2c(c1)CCCO2. The van der Waals surface area contributed by atoms with Crippen molar-refractivity contribution in [2.24, 2.45) is 0 Å². The number of hydrogen-bond donors (Lipinski definition) is 2. The summed E-state index contributed by atoms with van der Waals surface area (Å²) in [6.45, 7) is 2.43. The number of furan rings is 1. The molecular weight excluding hydrogens is 298 g/mol. The Morgan fingerprint density at radius 1 is 1.35 bits per heavy atom. The molecule has 23 heavy (non-hydrogen) atoms. The smallest absolute Gasteiger partial charge is 0.311 e. The van der Waals surface area contributed by atoms with Gasteiger partial charge in [-0.05, 0) is 43.5 Å². The number of amides is 1. The second kappa shape index (κ2) is 6.16. The first-order chi connectivity index (χ1) is 11.0. The normalized spacial score (nSPS) is 13.1. The molecule has 1 aromatic carbocycles. The molecule has 1 amide bonds. The largest absolute Gasteiger partial charge is 0.493 e. The zero-order valence-corrected chi connectivity index (χ0v) is 12.7. The van der Waals surface area contributed by atoms with Crippen molar-refractivity contribution in [3.63, 3.8) is 0 Å². The van der Waals surface area contributed by atoms with Crippen LogP contribution < -0.4 is 10.1 Å². The Bertz CT molecular complexity index is 762. The van der Waals surface area contributed by atoms with E-state index in [-0.39, 0.29) is 23.7 Å². The topological polar surface area (TPSA) is 88.8 Å². The van der Waals surface area contributed by atoms with Crippen LogP contribution in [-0.4, -0.2) is 23.6 Å². The summed E-state index contributed by atoms with van der Waals surface area (Å²) in [6.07, 6.45) is 2.94. The van der Waals surface area contributed by atoms with Gasteiger partial charge in [0, 0.05) is 11.3 Å². The molecule has 1 aliphatic rings. The molecule has 0 bridgehead atoms. The van der Waals surface area contributed by atoms with Crippen molar-refractivity contribution in [2.75, 3.05) is 11.9 Å². The molecule has 6 heteroatoms. The summed E-state index contributed by atoms with van der Waals surface area (Å²) in [5.74, 6) is -0.405. The Hall–Kier alpha value is -2.76. The van der Waals surface area contributed by atoms with E-state index in [0.29, 0.717) is 17.9 Å². The van der Waals surface area contributed by atoms with E-state index in [1.807, 2.05) is 12.1 Å². The van der Waals surface area contributed by atoms with Crippen LogP contribution in [-0.2, 0) is 17.6 Å². The lowest BCUT2D eigenvalue weighted by Gasteiger charge is -2.18. The van der Waals surface area contributed by atoms with E-state index < -0.39 is 5.97 Å². The molecule has 0 unspecified atom stereocenters. The second-order valence-electron chi connectivity index (χ2n) is 5.52. The quantitative estimate of drug-likeness (QED) is 0.905. The zero-order valence-electron chi connectivity index (χ0n) is 12.7. The van der Waals surface area contributed by atoms with Gasteiger partial charge in [-0.3, -0.25) is 9.59 Å². The highest BCUT2D eigenvalue weighted by Crippen LogP contribution is 2.28. The number of rotatable bonds is 4. The molecule has 0 atom stereocenters. The maximum absolute atomic E-state index is 12.5. The van der Waals surface area contributed by atoms with Crippen molar-refractivity contribution in [3.05, 3.63) is 46.9 Å². The molecule has 0 fully saturated rings. The third-order valence-corrected chi connectivity index (χ3v) is 3.76.